The van der Waals surface area contributed by atoms with Crippen molar-refractivity contribution < 1.29 is 0 Å². The van der Waals surface area contributed by atoms with Gasteiger partial charge in [-0.1, -0.05) is 17.7 Å². The molecule has 66 valence electrons. The van der Waals surface area contributed by atoms with E-state index in [1.54, 1.807) is 24.3 Å². The summed E-state index contributed by atoms with van der Waals surface area (Å²) in [6, 6.07) is 8.98. The summed E-state index contributed by atoms with van der Waals surface area (Å²) in [5.41, 5.74) is 0.718. The average Bonchev–Trinajstić information content (AvgIpc) is 2.06. The molecule has 0 aromatic carbocycles. The maximum atomic E-state index is 8.28. The lowest BCUT2D eigenvalue weighted by Gasteiger charge is -1.91. The van der Waals surface area contributed by atoms with E-state index in [9.17, 15) is 0 Å². The summed E-state index contributed by atoms with van der Waals surface area (Å²) in [5.74, 6) is 0. The van der Waals surface area contributed by atoms with Crippen molar-refractivity contribution in [3.05, 3.63) is 29.0 Å². The summed E-state index contributed by atoms with van der Waals surface area (Å²) in [4.78, 5) is 3.91. The summed E-state index contributed by atoms with van der Waals surface area (Å²) in [6.45, 7) is 1.43. The molecule has 0 amide bonds. The standard InChI is InChI=1S/C7H5ClN2.C2H3N/c8-7-3-1-2-6(10-7)4-5-9;1-2-3/h1-3H,4H2;1H3. The highest BCUT2D eigenvalue weighted by Gasteiger charge is 1.92. The molecule has 1 heterocycles. The Morgan fingerprint density at radius 2 is 2.08 bits per heavy atom. The number of hydrogen-bond donors (Lipinski definition) is 0. The van der Waals surface area contributed by atoms with Crippen molar-refractivity contribution in [1.29, 1.82) is 10.5 Å². The smallest absolute Gasteiger partial charge is 0.129 e. The van der Waals surface area contributed by atoms with Crippen molar-refractivity contribution in [3.8, 4) is 12.1 Å². The van der Waals surface area contributed by atoms with Gasteiger partial charge in [-0.25, -0.2) is 4.98 Å². The van der Waals surface area contributed by atoms with Gasteiger partial charge in [0.25, 0.3) is 0 Å². The van der Waals surface area contributed by atoms with Gasteiger partial charge >= 0.3 is 0 Å². The van der Waals surface area contributed by atoms with Crippen LogP contribution in [0.3, 0.4) is 0 Å². The molecule has 0 aliphatic carbocycles. The Morgan fingerprint density at radius 3 is 2.54 bits per heavy atom. The predicted octanol–water partition coefficient (Wildman–Crippen LogP) is 2.33. The molecule has 0 aliphatic rings. The van der Waals surface area contributed by atoms with Crippen LogP contribution in [0.15, 0.2) is 18.2 Å². The van der Waals surface area contributed by atoms with Gasteiger partial charge in [0.05, 0.1) is 24.3 Å². The molecule has 3 nitrogen and oxygen atoms in total. The van der Waals surface area contributed by atoms with Gasteiger partial charge in [0.15, 0.2) is 0 Å². The number of nitriles is 2. The number of pyridine rings is 1. The lowest BCUT2D eigenvalue weighted by Crippen LogP contribution is -1.85. The maximum Gasteiger partial charge on any atom is 0.129 e. The average molecular weight is 194 g/mol. The van der Waals surface area contributed by atoms with Crippen LogP contribution in [0.2, 0.25) is 5.15 Å². The number of nitrogens with zero attached hydrogens (tertiary/aromatic N) is 3. The molecule has 0 N–H and O–H groups in total. The summed E-state index contributed by atoms with van der Waals surface area (Å²) >= 11 is 5.56. The zero-order valence-corrected chi connectivity index (χ0v) is 7.91. The third-order valence-electron chi connectivity index (χ3n) is 1.03. The van der Waals surface area contributed by atoms with Gasteiger partial charge in [-0.3, -0.25) is 0 Å². The predicted molar refractivity (Wildman–Crippen MR) is 49.9 cm³/mol. The molecule has 0 aliphatic heterocycles. The second-order valence-electron chi connectivity index (χ2n) is 2.01. The molecule has 0 fully saturated rings. The lowest BCUT2D eigenvalue weighted by atomic mass is 10.3. The number of rotatable bonds is 1. The highest BCUT2D eigenvalue weighted by atomic mass is 35.5. The van der Waals surface area contributed by atoms with Crippen LogP contribution in [-0.2, 0) is 6.42 Å². The molecular formula is C9H8ClN3. The summed E-state index contributed by atoms with van der Waals surface area (Å²) in [7, 11) is 0. The molecule has 13 heavy (non-hydrogen) atoms. The Labute approximate surface area is 82.2 Å². The van der Waals surface area contributed by atoms with Crippen LogP contribution >= 0.6 is 11.6 Å². The van der Waals surface area contributed by atoms with Crippen LogP contribution in [0.5, 0.6) is 0 Å². The van der Waals surface area contributed by atoms with Crippen LogP contribution in [0.4, 0.5) is 0 Å². The minimum absolute atomic E-state index is 0.320. The fraction of sp³-hybridized carbons (Fsp3) is 0.222. The monoisotopic (exact) mass is 193 g/mol. The summed E-state index contributed by atoms with van der Waals surface area (Å²) in [5, 5.41) is 16.0. The lowest BCUT2D eigenvalue weighted by molar-refractivity contribution is 1.12. The van der Waals surface area contributed by atoms with Crippen LogP contribution in [0, 0.1) is 22.7 Å². The molecule has 0 spiro atoms. The molecule has 0 bridgehead atoms. The minimum Gasteiger partial charge on any atom is -0.240 e. The van der Waals surface area contributed by atoms with E-state index in [1.807, 2.05) is 6.07 Å². The van der Waals surface area contributed by atoms with Gasteiger partial charge in [-0.2, -0.15) is 10.5 Å². The zero-order chi connectivity index (χ0) is 10.1. The molecule has 0 atom stereocenters. The normalized spacial score (nSPS) is 7.38. The SMILES string of the molecule is CC#N.N#CCc1cccc(Cl)n1. The Kier molecular flexibility index (Phi) is 6.23. The largest absolute Gasteiger partial charge is 0.240 e. The highest BCUT2D eigenvalue weighted by molar-refractivity contribution is 6.29. The molecule has 0 unspecified atom stereocenters. The van der Waals surface area contributed by atoms with E-state index in [1.165, 1.54) is 6.92 Å². The first-order chi connectivity index (χ1) is 6.24. The molecule has 1 aromatic rings. The van der Waals surface area contributed by atoms with Gasteiger partial charge in [0.1, 0.15) is 5.15 Å². The van der Waals surface area contributed by atoms with E-state index in [4.69, 9.17) is 22.1 Å². The zero-order valence-electron chi connectivity index (χ0n) is 7.16. The highest BCUT2D eigenvalue weighted by Crippen LogP contribution is 2.04. The molecule has 4 heteroatoms. The maximum absolute atomic E-state index is 8.28. The number of aromatic nitrogens is 1. The van der Waals surface area contributed by atoms with E-state index in [2.05, 4.69) is 4.98 Å². The molecular weight excluding hydrogens is 186 g/mol. The topological polar surface area (TPSA) is 60.5 Å². The van der Waals surface area contributed by atoms with Crippen molar-refractivity contribution >= 4 is 11.6 Å². The first-order valence-electron chi connectivity index (χ1n) is 3.53. The summed E-state index contributed by atoms with van der Waals surface area (Å²) < 4.78 is 0. The molecule has 0 saturated carbocycles. The minimum atomic E-state index is 0.320. The second-order valence-corrected chi connectivity index (χ2v) is 2.40. The number of hydrogen-bond acceptors (Lipinski definition) is 3. The van der Waals surface area contributed by atoms with E-state index in [-0.39, 0.29) is 0 Å². The molecule has 1 aromatic heterocycles. The molecule has 1 rings (SSSR count). The Morgan fingerprint density at radius 1 is 1.46 bits per heavy atom. The first-order valence-corrected chi connectivity index (χ1v) is 3.91. The van der Waals surface area contributed by atoms with Gasteiger partial charge in [0, 0.05) is 6.92 Å². The summed E-state index contributed by atoms with van der Waals surface area (Å²) in [6.07, 6.45) is 0.320. The van der Waals surface area contributed by atoms with Crippen LogP contribution in [0.25, 0.3) is 0 Å². The number of halogens is 1. The van der Waals surface area contributed by atoms with Crippen LogP contribution in [-0.4, -0.2) is 4.98 Å². The van der Waals surface area contributed by atoms with Crippen molar-refractivity contribution in [2.24, 2.45) is 0 Å². The van der Waals surface area contributed by atoms with Crippen LogP contribution in [0.1, 0.15) is 12.6 Å². The van der Waals surface area contributed by atoms with Crippen molar-refractivity contribution in [2.45, 2.75) is 13.3 Å². The van der Waals surface area contributed by atoms with Gasteiger partial charge in [0.2, 0.25) is 0 Å². The fourth-order valence-electron chi connectivity index (χ4n) is 0.630. The van der Waals surface area contributed by atoms with E-state index in [0.29, 0.717) is 11.6 Å². The first kappa shape index (κ1) is 11.4. The van der Waals surface area contributed by atoms with Crippen molar-refractivity contribution in [3.63, 3.8) is 0 Å². The van der Waals surface area contributed by atoms with Gasteiger partial charge in [-0.05, 0) is 12.1 Å². The van der Waals surface area contributed by atoms with E-state index >= 15 is 0 Å². The third-order valence-corrected chi connectivity index (χ3v) is 1.24. The van der Waals surface area contributed by atoms with Crippen molar-refractivity contribution in [1.82, 2.24) is 4.98 Å². The quantitative estimate of drug-likeness (QED) is 0.643. The Balaban J connectivity index is 0.000000424. The second kappa shape index (κ2) is 7.09. The Hall–Kier alpha value is -1.58. The van der Waals surface area contributed by atoms with E-state index < -0.39 is 0 Å². The fourth-order valence-corrected chi connectivity index (χ4v) is 0.811. The van der Waals surface area contributed by atoms with Gasteiger partial charge in [-0.15, -0.1) is 0 Å². The third kappa shape index (κ3) is 5.66. The van der Waals surface area contributed by atoms with E-state index in [0.717, 1.165) is 5.69 Å². The molecule has 0 saturated heterocycles. The Bertz CT molecular complexity index is 335. The van der Waals surface area contributed by atoms with Crippen molar-refractivity contribution in [2.75, 3.05) is 0 Å². The van der Waals surface area contributed by atoms with Crippen LogP contribution < -0.4 is 0 Å². The van der Waals surface area contributed by atoms with Gasteiger partial charge < -0.3 is 0 Å². The molecule has 0 radical (unpaired) electrons.